The van der Waals surface area contributed by atoms with E-state index >= 15 is 0 Å². The second-order valence-corrected chi connectivity index (χ2v) is 10.9. The molecule has 8 nitrogen and oxygen atoms in total. The summed E-state index contributed by atoms with van der Waals surface area (Å²) in [5, 5.41) is 2.01. The van der Waals surface area contributed by atoms with Crippen molar-refractivity contribution in [2.24, 2.45) is 0 Å². The van der Waals surface area contributed by atoms with Gasteiger partial charge in [-0.25, -0.2) is 17.2 Å². The van der Waals surface area contributed by atoms with E-state index in [1.54, 1.807) is 11.4 Å². The molecule has 12 heteroatoms. The maximum absolute atomic E-state index is 13.4. The van der Waals surface area contributed by atoms with E-state index in [0.29, 0.717) is 0 Å². The summed E-state index contributed by atoms with van der Waals surface area (Å²) in [7, 11) is -4.43. The molecule has 3 amide bonds. The van der Waals surface area contributed by atoms with Crippen LogP contribution in [0.2, 0.25) is 0 Å². The third kappa shape index (κ3) is 5.44. The Labute approximate surface area is 210 Å². The highest BCUT2D eigenvalue weighted by Gasteiger charge is 2.39. The Balaban J connectivity index is 1.53. The number of nitrogens with zero attached hydrogens (tertiary/aromatic N) is 2. The fraction of sp³-hybridized carbons (Fsp3) is 0.208. The first-order valence-corrected chi connectivity index (χ1v) is 13.3. The molecular weight excluding hydrogens is 512 g/mol. The van der Waals surface area contributed by atoms with Gasteiger partial charge in [0.25, 0.3) is 17.7 Å². The number of carbonyl (C=O) groups excluding carboxylic acids is 3. The lowest BCUT2D eigenvalue weighted by Crippen LogP contribution is -2.57. The summed E-state index contributed by atoms with van der Waals surface area (Å²) < 4.78 is 53.2. The molecule has 1 aliphatic rings. The maximum Gasteiger partial charge on any atom is 0.262 e. The third-order valence-electron chi connectivity index (χ3n) is 5.65. The first-order valence-electron chi connectivity index (χ1n) is 10.8. The molecule has 36 heavy (non-hydrogen) atoms. The molecule has 1 atom stereocenters. The minimum absolute atomic E-state index is 0.0239. The Hall–Kier alpha value is -3.64. The quantitative estimate of drug-likeness (QED) is 0.491. The monoisotopic (exact) mass is 533 g/mol. The van der Waals surface area contributed by atoms with Gasteiger partial charge in [-0.15, -0.1) is 11.3 Å². The van der Waals surface area contributed by atoms with Crippen molar-refractivity contribution in [1.29, 1.82) is 0 Å². The predicted octanol–water partition coefficient (Wildman–Crippen LogP) is 2.54. The molecule has 1 aromatic heterocycles. The highest BCUT2D eigenvalue weighted by atomic mass is 32.2. The molecule has 0 radical (unpaired) electrons. The van der Waals surface area contributed by atoms with Crippen molar-refractivity contribution in [2.75, 3.05) is 26.2 Å². The van der Waals surface area contributed by atoms with E-state index in [0.717, 1.165) is 35.6 Å². The van der Waals surface area contributed by atoms with Gasteiger partial charge < -0.3 is 15.1 Å². The van der Waals surface area contributed by atoms with Gasteiger partial charge in [0.2, 0.25) is 15.2 Å². The number of hydrogen-bond donors (Lipinski definition) is 1. The van der Waals surface area contributed by atoms with E-state index in [2.05, 4.69) is 5.32 Å². The van der Waals surface area contributed by atoms with E-state index in [4.69, 9.17) is 0 Å². The minimum Gasteiger partial charge on any atom is -0.336 e. The lowest BCUT2D eigenvalue weighted by molar-refractivity contribution is -0.132. The second kappa shape index (κ2) is 10.5. The molecule has 0 bridgehead atoms. The van der Waals surface area contributed by atoms with Gasteiger partial charge in [-0.1, -0.05) is 6.07 Å². The molecule has 4 rings (SSSR count). The largest absolute Gasteiger partial charge is 0.336 e. The van der Waals surface area contributed by atoms with Gasteiger partial charge in [0.15, 0.2) is 0 Å². The number of benzene rings is 2. The summed E-state index contributed by atoms with van der Waals surface area (Å²) >= 11 is 1.08. The van der Waals surface area contributed by atoms with Crippen molar-refractivity contribution in [3.8, 4) is 0 Å². The molecular formula is C24H21F2N3O5S2. The van der Waals surface area contributed by atoms with Crippen LogP contribution < -0.4 is 5.32 Å². The minimum atomic E-state index is -4.43. The van der Waals surface area contributed by atoms with Crippen LogP contribution in [-0.4, -0.2) is 67.5 Å². The molecule has 0 spiro atoms. The number of rotatable bonds is 6. The first-order chi connectivity index (χ1) is 17.2. The molecule has 188 valence electrons. The van der Waals surface area contributed by atoms with E-state index in [1.165, 1.54) is 40.1 Å². The zero-order valence-corrected chi connectivity index (χ0v) is 20.4. The number of hydrogen-bond acceptors (Lipinski definition) is 6. The summed E-state index contributed by atoms with van der Waals surface area (Å²) in [6.07, 6.45) is 0. The van der Waals surface area contributed by atoms with Crippen LogP contribution in [0.25, 0.3) is 0 Å². The Bertz CT molecular complexity index is 1350. The number of halogens is 2. The zero-order valence-electron chi connectivity index (χ0n) is 18.8. The standard InChI is InChI=1S/C24H21F2N3O5S2/c25-17-5-3-16(4-6-17)23(31)28-11-13-29(14-12-28)24(32)22(27-21(30)20-2-1-15-35-20)36(33,34)19-9-7-18(26)8-10-19/h1-10,15,22H,11-14H2,(H,27,30). The van der Waals surface area contributed by atoms with Crippen LogP contribution >= 0.6 is 11.3 Å². The summed E-state index contributed by atoms with van der Waals surface area (Å²) in [6, 6.07) is 12.1. The number of sulfone groups is 1. The van der Waals surface area contributed by atoms with Crippen molar-refractivity contribution in [3.63, 3.8) is 0 Å². The fourth-order valence-electron chi connectivity index (χ4n) is 3.70. The number of nitrogens with one attached hydrogen (secondary N) is 1. The van der Waals surface area contributed by atoms with Crippen LogP contribution in [0.4, 0.5) is 8.78 Å². The number of piperazine rings is 1. The molecule has 3 aromatic rings. The number of thiophene rings is 1. The topological polar surface area (TPSA) is 104 Å². The lowest BCUT2D eigenvalue weighted by atomic mass is 10.1. The zero-order chi connectivity index (χ0) is 25.9. The van der Waals surface area contributed by atoms with Gasteiger partial charge in [-0.3, -0.25) is 14.4 Å². The van der Waals surface area contributed by atoms with E-state index in [-0.39, 0.29) is 47.4 Å². The van der Waals surface area contributed by atoms with Gasteiger partial charge in [0.05, 0.1) is 9.77 Å². The number of carbonyl (C=O) groups is 3. The van der Waals surface area contributed by atoms with Gasteiger partial charge in [0, 0.05) is 31.7 Å². The molecule has 1 N–H and O–H groups in total. The Morgan fingerprint density at radius 1 is 0.833 bits per heavy atom. The van der Waals surface area contributed by atoms with Gasteiger partial charge in [-0.05, 0) is 60.0 Å². The predicted molar refractivity (Wildman–Crippen MR) is 128 cm³/mol. The average molecular weight is 534 g/mol. The van der Waals surface area contributed by atoms with E-state index in [9.17, 15) is 31.6 Å². The molecule has 2 aromatic carbocycles. The number of amides is 3. The summed E-state index contributed by atoms with van der Waals surface area (Å²) in [5.74, 6) is -3.07. The van der Waals surface area contributed by atoms with Crippen molar-refractivity contribution < 1.29 is 31.6 Å². The SMILES string of the molecule is O=C(NC(C(=O)N1CCN(C(=O)c2ccc(F)cc2)CC1)S(=O)(=O)c1ccc(F)cc1)c1cccs1. The van der Waals surface area contributed by atoms with E-state index in [1.807, 2.05) is 0 Å². The summed E-state index contributed by atoms with van der Waals surface area (Å²) in [5.41, 5.74) is 0.288. The van der Waals surface area contributed by atoms with Crippen molar-refractivity contribution in [1.82, 2.24) is 15.1 Å². The molecule has 0 aliphatic carbocycles. The summed E-state index contributed by atoms with van der Waals surface area (Å²) in [6.45, 7) is 0.278. The van der Waals surface area contributed by atoms with Crippen molar-refractivity contribution in [3.05, 3.63) is 88.1 Å². The Morgan fingerprint density at radius 2 is 1.39 bits per heavy atom. The molecule has 1 fully saturated rings. The van der Waals surface area contributed by atoms with Crippen molar-refractivity contribution >= 4 is 38.9 Å². The molecule has 0 saturated carbocycles. The molecule has 2 heterocycles. The highest BCUT2D eigenvalue weighted by Crippen LogP contribution is 2.20. The Kier molecular flexibility index (Phi) is 7.45. The molecule has 1 aliphatic heterocycles. The average Bonchev–Trinajstić information content (AvgIpc) is 3.42. The molecule has 1 saturated heterocycles. The molecule has 1 unspecified atom stereocenters. The third-order valence-corrected chi connectivity index (χ3v) is 8.39. The fourth-order valence-corrected chi connectivity index (χ4v) is 5.79. The lowest BCUT2D eigenvalue weighted by Gasteiger charge is -2.36. The van der Waals surface area contributed by atoms with Crippen LogP contribution in [0.3, 0.4) is 0 Å². The van der Waals surface area contributed by atoms with Crippen LogP contribution in [0.15, 0.2) is 70.9 Å². The van der Waals surface area contributed by atoms with Crippen molar-refractivity contribution in [2.45, 2.75) is 10.3 Å². The van der Waals surface area contributed by atoms with E-state index < -0.39 is 38.7 Å². The van der Waals surface area contributed by atoms with Crippen LogP contribution in [0.5, 0.6) is 0 Å². The van der Waals surface area contributed by atoms with Crippen LogP contribution in [0.1, 0.15) is 20.0 Å². The normalized spacial score (nSPS) is 14.8. The summed E-state index contributed by atoms with van der Waals surface area (Å²) in [4.78, 5) is 41.4. The first kappa shape index (κ1) is 25.5. The smallest absolute Gasteiger partial charge is 0.262 e. The van der Waals surface area contributed by atoms with Gasteiger partial charge >= 0.3 is 0 Å². The maximum atomic E-state index is 13.4. The second-order valence-electron chi connectivity index (χ2n) is 7.95. The van der Waals surface area contributed by atoms with Gasteiger partial charge in [-0.2, -0.15) is 0 Å². The Morgan fingerprint density at radius 3 is 1.94 bits per heavy atom. The van der Waals surface area contributed by atoms with Crippen LogP contribution in [-0.2, 0) is 14.6 Å². The van der Waals surface area contributed by atoms with Gasteiger partial charge in [0.1, 0.15) is 11.6 Å². The highest BCUT2D eigenvalue weighted by molar-refractivity contribution is 7.92. The van der Waals surface area contributed by atoms with Crippen LogP contribution in [0, 0.1) is 11.6 Å².